The molecule has 2 heterocycles. The summed E-state index contributed by atoms with van der Waals surface area (Å²) < 4.78 is 0. The lowest BCUT2D eigenvalue weighted by atomic mass is 9.95. The molecule has 2 nitrogen and oxygen atoms in total. The van der Waals surface area contributed by atoms with E-state index in [9.17, 15) is 0 Å². The number of hydrogen-bond acceptors (Lipinski definition) is 2. The monoisotopic (exact) mass is 358 g/mol. The second kappa shape index (κ2) is 8.18. The van der Waals surface area contributed by atoms with Crippen molar-refractivity contribution in [2.45, 2.75) is 13.8 Å². The van der Waals surface area contributed by atoms with Crippen molar-refractivity contribution in [1.82, 2.24) is 9.88 Å². The van der Waals surface area contributed by atoms with Gasteiger partial charge in [-0.15, -0.1) is 0 Å². The van der Waals surface area contributed by atoms with Crippen LogP contribution in [0.4, 0.5) is 0 Å². The number of benzene rings is 1. The molecule has 0 bridgehead atoms. The summed E-state index contributed by atoms with van der Waals surface area (Å²) in [6.45, 7) is 8.04. The molecular formula is C20H20Cl2N2. The van der Waals surface area contributed by atoms with Gasteiger partial charge < -0.3 is 4.90 Å². The van der Waals surface area contributed by atoms with Gasteiger partial charge in [0.25, 0.3) is 0 Å². The quantitative estimate of drug-likeness (QED) is 0.634. The van der Waals surface area contributed by atoms with Crippen molar-refractivity contribution in [3.05, 3.63) is 88.3 Å². The van der Waals surface area contributed by atoms with Gasteiger partial charge in [0.15, 0.2) is 0 Å². The maximum atomic E-state index is 6.35. The van der Waals surface area contributed by atoms with Crippen molar-refractivity contribution in [1.29, 1.82) is 0 Å². The van der Waals surface area contributed by atoms with E-state index in [4.69, 9.17) is 23.2 Å². The summed E-state index contributed by atoms with van der Waals surface area (Å²) in [5.74, 6) is 0. The lowest BCUT2D eigenvalue weighted by Crippen LogP contribution is -2.20. The van der Waals surface area contributed by atoms with Crippen LogP contribution in [0.2, 0.25) is 5.02 Å². The van der Waals surface area contributed by atoms with Gasteiger partial charge in [0, 0.05) is 30.6 Å². The van der Waals surface area contributed by atoms with Crippen LogP contribution in [0.1, 0.15) is 25.0 Å². The fourth-order valence-corrected chi connectivity index (χ4v) is 2.93. The average molecular weight is 359 g/mol. The molecule has 0 aliphatic carbocycles. The van der Waals surface area contributed by atoms with Crippen molar-refractivity contribution in [2.24, 2.45) is 0 Å². The largest absolute Gasteiger partial charge is 0.343 e. The molecular weight excluding hydrogens is 339 g/mol. The van der Waals surface area contributed by atoms with Crippen LogP contribution in [0.5, 0.6) is 0 Å². The highest BCUT2D eigenvalue weighted by molar-refractivity contribution is 6.34. The van der Waals surface area contributed by atoms with E-state index in [1.807, 2.05) is 68.3 Å². The van der Waals surface area contributed by atoms with Crippen LogP contribution in [-0.4, -0.2) is 16.9 Å². The van der Waals surface area contributed by atoms with Gasteiger partial charge >= 0.3 is 0 Å². The summed E-state index contributed by atoms with van der Waals surface area (Å²) in [5, 5.41) is 1.22. The average Bonchev–Trinajstić information content (AvgIpc) is 2.63. The van der Waals surface area contributed by atoms with Crippen LogP contribution < -0.4 is 0 Å². The lowest BCUT2D eigenvalue weighted by molar-refractivity contribution is 0.614. The van der Waals surface area contributed by atoms with Crippen molar-refractivity contribution >= 4 is 34.5 Å². The second-order valence-corrected chi connectivity index (χ2v) is 5.80. The van der Waals surface area contributed by atoms with E-state index in [2.05, 4.69) is 11.6 Å². The molecule has 24 heavy (non-hydrogen) atoms. The molecule has 0 N–H and O–H groups in total. The molecule has 3 rings (SSSR count). The SMILES string of the molecule is C=C1C(Cl)=CC(c2ccccc2)=C(c2ccncc2Cl)N1C.CC. The molecule has 1 aliphatic heterocycles. The fourth-order valence-electron chi connectivity index (χ4n) is 2.49. The summed E-state index contributed by atoms with van der Waals surface area (Å²) in [4.78, 5) is 6.02. The van der Waals surface area contributed by atoms with E-state index in [1.165, 1.54) is 0 Å². The van der Waals surface area contributed by atoms with Crippen molar-refractivity contribution in [3.63, 3.8) is 0 Å². The topological polar surface area (TPSA) is 16.1 Å². The number of rotatable bonds is 2. The van der Waals surface area contributed by atoms with E-state index in [-0.39, 0.29) is 0 Å². The minimum atomic E-state index is 0.594. The number of aromatic nitrogens is 1. The molecule has 1 aromatic heterocycles. The van der Waals surface area contributed by atoms with E-state index in [1.54, 1.807) is 12.4 Å². The Morgan fingerprint density at radius 3 is 2.33 bits per heavy atom. The van der Waals surface area contributed by atoms with Gasteiger partial charge in [-0.1, -0.05) is 74.0 Å². The Hall–Kier alpha value is -2.03. The van der Waals surface area contributed by atoms with Crippen molar-refractivity contribution < 1.29 is 0 Å². The Morgan fingerprint density at radius 2 is 1.71 bits per heavy atom. The molecule has 0 radical (unpaired) electrons. The molecule has 1 aliphatic rings. The summed E-state index contributed by atoms with van der Waals surface area (Å²) >= 11 is 12.7. The molecule has 2 aromatic rings. The molecule has 0 unspecified atom stereocenters. The van der Waals surface area contributed by atoms with E-state index < -0.39 is 0 Å². The number of halogens is 2. The standard InChI is InChI=1S/C18H14Cl2N2.C2H6/c1-12-16(19)10-15(13-6-4-3-5-7-13)18(22(12)2)14-8-9-21-11-17(14)20;1-2/h3-11H,1H2,2H3;1-2H3. The molecule has 0 saturated heterocycles. The van der Waals surface area contributed by atoms with Crippen LogP contribution in [-0.2, 0) is 0 Å². The first kappa shape index (κ1) is 18.3. The van der Waals surface area contributed by atoms with Gasteiger partial charge in [-0.3, -0.25) is 4.98 Å². The van der Waals surface area contributed by atoms with Crippen molar-refractivity contribution in [2.75, 3.05) is 7.05 Å². The van der Waals surface area contributed by atoms with Crippen LogP contribution in [0.15, 0.2) is 72.2 Å². The zero-order chi connectivity index (χ0) is 17.7. The Balaban J connectivity index is 0.00000100. The van der Waals surface area contributed by atoms with Gasteiger partial charge in [0.2, 0.25) is 0 Å². The highest BCUT2D eigenvalue weighted by atomic mass is 35.5. The summed E-state index contributed by atoms with van der Waals surface area (Å²) in [7, 11) is 1.94. The number of likely N-dealkylation sites (N-methyl/N-ethyl adjacent to an activating group) is 1. The summed E-state index contributed by atoms with van der Waals surface area (Å²) in [6, 6.07) is 12.0. The Kier molecular flexibility index (Phi) is 6.24. The number of hydrogen-bond donors (Lipinski definition) is 0. The highest BCUT2D eigenvalue weighted by Gasteiger charge is 2.24. The normalized spacial score (nSPS) is 14.1. The summed E-state index contributed by atoms with van der Waals surface area (Å²) in [5.41, 5.74) is 4.69. The number of allylic oxidation sites excluding steroid dienone is 3. The third-order valence-corrected chi connectivity index (χ3v) is 4.28. The minimum absolute atomic E-state index is 0.594. The smallest absolute Gasteiger partial charge is 0.0682 e. The van der Waals surface area contributed by atoms with E-state index in [0.717, 1.165) is 28.1 Å². The fraction of sp³-hybridized carbons (Fsp3) is 0.150. The lowest BCUT2D eigenvalue weighted by Gasteiger charge is -2.31. The Morgan fingerprint density at radius 1 is 1.04 bits per heavy atom. The van der Waals surface area contributed by atoms with E-state index in [0.29, 0.717) is 10.1 Å². The van der Waals surface area contributed by atoms with Crippen LogP contribution >= 0.6 is 23.2 Å². The second-order valence-electron chi connectivity index (χ2n) is 4.98. The maximum absolute atomic E-state index is 6.35. The molecule has 4 heteroatoms. The predicted octanol–water partition coefficient (Wildman–Crippen LogP) is 6.21. The number of nitrogens with zero attached hydrogens (tertiary/aromatic N) is 2. The van der Waals surface area contributed by atoms with Gasteiger partial charge in [0.1, 0.15) is 0 Å². The summed E-state index contributed by atoms with van der Waals surface area (Å²) in [6.07, 6.45) is 5.31. The molecule has 1 aromatic carbocycles. The molecule has 0 atom stereocenters. The van der Waals surface area contributed by atoms with Gasteiger partial charge in [-0.05, 0) is 17.7 Å². The number of pyridine rings is 1. The molecule has 0 saturated carbocycles. The van der Waals surface area contributed by atoms with Crippen molar-refractivity contribution in [3.8, 4) is 0 Å². The minimum Gasteiger partial charge on any atom is -0.343 e. The molecule has 0 fully saturated rings. The van der Waals surface area contributed by atoms with Crippen LogP contribution in [0.25, 0.3) is 11.3 Å². The first-order valence-electron chi connectivity index (χ1n) is 7.79. The zero-order valence-electron chi connectivity index (χ0n) is 14.1. The van der Waals surface area contributed by atoms with Crippen LogP contribution in [0.3, 0.4) is 0 Å². The highest BCUT2D eigenvalue weighted by Crippen LogP contribution is 2.40. The van der Waals surface area contributed by atoms with Gasteiger partial charge in [-0.25, -0.2) is 0 Å². The molecule has 0 spiro atoms. The molecule has 0 amide bonds. The first-order valence-corrected chi connectivity index (χ1v) is 8.55. The van der Waals surface area contributed by atoms with E-state index >= 15 is 0 Å². The van der Waals surface area contributed by atoms with Crippen LogP contribution in [0, 0.1) is 0 Å². The predicted molar refractivity (Wildman–Crippen MR) is 105 cm³/mol. The zero-order valence-corrected chi connectivity index (χ0v) is 15.6. The Bertz CT molecular complexity index is 792. The third-order valence-electron chi connectivity index (χ3n) is 3.65. The van der Waals surface area contributed by atoms with Gasteiger partial charge in [0.05, 0.1) is 21.4 Å². The maximum Gasteiger partial charge on any atom is 0.0682 e. The molecule has 124 valence electrons. The first-order chi connectivity index (χ1) is 11.6. The van der Waals surface area contributed by atoms with Gasteiger partial charge in [-0.2, -0.15) is 0 Å². The third kappa shape index (κ3) is 3.55. The Labute approximate surface area is 153 Å².